The number of benzene rings is 4. The number of hydrogen-bond acceptors (Lipinski definition) is 9. The maximum atomic E-state index is 13.9. The van der Waals surface area contributed by atoms with Crippen LogP contribution in [0.4, 0.5) is 0 Å². The number of phenols is 2. The second-order valence-electron chi connectivity index (χ2n) is 9.78. The highest BCUT2D eigenvalue weighted by molar-refractivity contribution is 6.33. The second-order valence-corrected chi connectivity index (χ2v) is 9.78. The Balaban J connectivity index is 2.20. The summed E-state index contributed by atoms with van der Waals surface area (Å²) in [5, 5.41) is 24.0. The minimum Gasteiger partial charge on any atom is -0.506 e. The van der Waals surface area contributed by atoms with E-state index in [1.165, 1.54) is 48.4 Å². The predicted octanol–water partition coefficient (Wildman–Crippen LogP) is 5.94. The summed E-state index contributed by atoms with van der Waals surface area (Å²) in [4.78, 5) is 40.3. The number of ether oxygens (including phenoxy) is 4. The fraction of sp³-hybridized carbons (Fsp3) is 0.219. The van der Waals surface area contributed by atoms with Crippen molar-refractivity contribution in [3.8, 4) is 45.6 Å². The van der Waals surface area contributed by atoms with Gasteiger partial charge in [-0.1, -0.05) is 0 Å². The van der Waals surface area contributed by atoms with E-state index in [0.717, 1.165) is 0 Å². The molecule has 0 fully saturated rings. The van der Waals surface area contributed by atoms with Crippen LogP contribution < -0.4 is 18.9 Å². The van der Waals surface area contributed by atoms with Crippen LogP contribution in [0.2, 0.25) is 0 Å². The maximum absolute atomic E-state index is 13.9. The second kappa shape index (κ2) is 9.85. The van der Waals surface area contributed by atoms with Crippen molar-refractivity contribution >= 4 is 38.9 Å². The molecule has 0 aliphatic heterocycles. The van der Waals surface area contributed by atoms with Crippen LogP contribution >= 0.6 is 0 Å². The zero-order chi connectivity index (χ0) is 29.9. The van der Waals surface area contributed by atoms with Crippen molar-refractivity contribution in [1.82, 2.24) is 0 Å². The predicted molar refractivity (Wildman–Crippen MR) is 154 cm³/mol. The molecule has 0 spiro atoms. The molecule has 0 aromatic heterocycles. The lowest BCUT2D eigenvalue weighted by Crippen LogP contribution is -2.18. The van der Waals surface area contributed by atoms with Crippen LogP contribution in [-0.4, -0.2) is 56.0 Å². The first kappa shape index (κ1) is 27.5. The number of rotatable bonds is 6. The molecule has 1 aliphatic carbocycles. The highest BCUT2D eigenvalue weighted by Gasteiger charge is 2.36. The molecule has 1 aliphatic rings. The normalized spacial score (nSPS) is 12.8. The first-order valence-electron chi connectivity index (χ1n) is 12.6. The molecule has 0 bridgehead atoms. The molecule has 210 valence electrons. The largest absolute Gasteiger partial charge is 0.506 e. The highest BCUT2D eigenvalue weighted by atomic mass is 16.5. The summed E-state index contributed by atoms with van der Waals surface area (Å²) in [6.45, 7) is 4.50. The Morgan fingerprint density at radius 3 is 1.68 bits per heavy atom. The molecule has 0 saturated heterocycles. The highest BCUT2D eigenvalue weighted by Crippen LogP contribution is 2.53. The summed E-state index contributed by atoms with van der Waals surface area (Å²) < 4.78 is 22.2. The Hall–Kier alpha value is -5.05. The van der Waals surface area contributed by atoms with Gasteiger partial charge < -0.3 is 29.2 Å². The molecule has 4 aromatic rings. The molecule has 5 rings (SSSR count). The minimum atomic E-state index is -0.557. The van der Waals surface area contributed by atoms with Crippen LogP contribution in [0.25, 0.3) is 32.7 Å². The molecule has 9 nitrogen and oxygen atoms in total. The van der Waals surface area contributed by atoms with E-state index in [1.807, 2.05) is 0 Å². The zero-order valence-corrected chi connectivity index (χ0v) is 23.6. The molecule has 9 heteroatoms. The van der Waals surface area contributed by atoms with Crippen molar-refractivity contribution in [2.75, 3.05) is 28.4 Å². The van der Waals surface area contributed by atoms with Gasteiger partial charge >= 0.3 is 0 Å². The summed E-state index contributed by atoms with van der Waals surface area (Å²) >= 11 is 0. The molecule has 0 atom stereocenters. The van der Waals surface area contributed by atoms with E-state index in [2.05, 4.69) is 0 Å². The molecule has 2 N–H and O–H groups in total. The first-order chi connectivity index (χ1) is 19.5. The summed E-state index contributed by atoms with van der Waals surface area (Å²) in [7, 11) is 5.77. The third-order valence-electron chi connectivity index (χ3n) is 7.58. The van der Waals surface area contributed by atoms with Gasteiger partial charge in [0.15, 0.2) is 17.3 Å². The van der Waals surface area contributed by atoms with Gasteiger partial charge in [0.1, 0.15) is 34.5 Å². The van der Waals surface area contributed by atoms with E-state index in [-0.39, 0.29) is 55.8 Å². The number of aromatic hydroxyl groups is 2. The number of hydrogen-bond donors (Lipinski definition) is 2. The molecule has 0 amide bonds. The number of methoxy groups -OCH3 is 4. The van der Waals surface area contributed by atoms with Crippen molar-refractivity contribution in [3.63, 3.8) is 0 Å². The number of carbonyl (C=O) groups excluding carboxylic acids is 3. The van der Waals surface area contributed by atoms with Crippen LogP contribution in [0.15, 0.2) is 35.9 Å². The standard InChI is InChI=1S/C32H28O9/c1-13-8-20(34)28-29(30(13)35)27(19-10-17(39-5)12-22(41-7)26(19)32(28)37)24-14(2)23(15(3)33)31(36)25-18(24)9-16(38-4)11-21(25)40-6/h8-12,36-37H,1-7H3. The molecule has 0 unspecified atom stereocenters. The van der Waals surface area contributed by atoms with Crippen LogP contribution in [0.3, 0.4) is 0 Å². The van der Waals surface area contributed by atoms with Gasteiger partial charge in [-0.3, -0.25) is 14.4 Å². The van der Waals surface area contributed by atoms with Gasteiger partial charge in [0.05, 0.1) is 50.3 Å². The number of phenolic OH excluding ortho intramolecular Hbond substituents is 2. The van der Waals surface area contributed by atoms with Crippen LogP contribution in [0.5, 0.6) is 34.5 Å². The lowest BCUT2D eigenvalue weighted by molar-refractivity contribution is 0.0983. The Kier molecular flexibility index (Phi) is 6.61. The molecule has 0 heterocycles. The third kappa shape index (κ3) is 3.88. The quantitative estimate of drug-likeness (QED) is 0.277. The summed E-state index contributed by atoms with van der Waals surface area (Å²) in [6.07, 6.45) is 1.19. The van der Waals surface area contributed by atoms with Gasteiger partial charge in [0, 0.05) is 39.6 Å². The first-order valence-corrected chi connectivity index (χ1v) is 12.6. The molecule has 0 saturated carbocycles. The third-order valence-corrected chi connectivity index (χ3v) is 7.58. The Bertz CT molecular complexity index is 1880. The Morgan fingerprint density at radius 1 is 0.683 bits per heavy atom. The lowest BCUT2D eigenvalue weighted by Gasteiger charge is -2.26. The van der Waals surface area contributed by atoms with Gasteiger partial charge in [-0.2, -0.15) is 0 Å². The fourth-order valence-corrected chi connectivity index (χ4v) is 5.76. The van der Waals surface area contributed by atoms with Gasteiger partial charge in [0.2, 0.25) is 0 Å². The van der Waals surface area contributed by atoms with E-state index < -0.39 is 23.1 Å². The number of carbonyl (C=O) groups is 3. The Labute approximate surface area is 235 Å². The SMILES string of the molecule is COc1cc(OC)c2c(O)c(C(C)=O)c(C)c(-c3c4c(c(O)c5c(OC)cc(OC)cc35)C(=O)C=C(C)C4=O)c2c1. The van der Waals surface area contributed by atoms with Crippen molar-refractivity contribution < 1.29 is 43.5 Å². The minimum absolute atomic E-state index is 0.0163. The van der Waals surface area contributed by atoms with Crippen LogP contribution in [0, 0.1) is 6.92 Å². The van der Waals surface area contributed by atoms with E-state index in [4.69, 9.17) is 18.9 Å². The fourth-order valence-electron chi connectivity index (χ4n) is 5.76. The summed E-state index contributed by atoms with van der Waals surface area (Å²) in [5.74, 6) is -0.989. The summed E-state index contributed by atoms with van der Waals surface area (Å²) in [5.41, 5.74) is 0.945. The van der Waals surface area contributed by atoms with Gasteiger partial charge in [-0.25, -0.2) is 0 Å². The van der Waals surface area contributed by atoms with E-state index in [9.17, 15) is 24.6 Å². The van der Waals surface area contributed by atoms with E-state index in [0.29, 0.717) is 33.4 Å². The van der Waals surface area contributed by atoms with Gasteiger partial charge in [0.25, 0.3) is 0 Å². The molecule has 0 radical (unpaired) electrons. The van der Waals surface area contributed by atoms with Gasteiger partial charge in [-0.05, 0) is 50.1 Å². The topological polar surface area (TPSA) is 129 Å². The number of allylic oxidation sites excluding steroid dienone is 2. The lowest BCUT2D eigenvalue weighted by atomic mass is 9.77. The van der Waals surface area contributed by atoms with Crippen molar-refractivity contribution in [1.29, 1.82) is 0 Å². The zero-order valence-electron chi connectivity index (χ0n) is 23.6. The number of fused-ring (bicyclic) bond motifs is 3. The van der Waals surface area contributed by atoms with E-state index in [1.54, 1.807) is 31.2 Å². The summed E-state index contributed by atoms with van der Waals surface area (Å²) in [6, 6.07) is 6.41. The molecular formula is C32H28O9. The Morgan fingerprint density at radius 2 is 1.20 bits per heavy atom. The number of ketones is 3. The smallest absolute Gasteiger partial charge is 0.190 e. The maximum Gasteiger partial charge on any atom is 0.190 e. The van der Waals surface area contributed by atoms with E-state index >= 15 is 0 Å². The van der Waals surface area contributed by atoms with Crippen molar-refractivity contribution in [2.45, 2.75) is 20.8 Å². The van der Waals surface area contributed by atoms with Crippen LogP contribution in [0.1, 0.15) is 50.5 Å². The molecule has 4 aromatic carbocycles. The average Bonchev–Trinajstić information content (AvgIpc) is 2.94. The molecule has 41 heavy (non-hydrogen) atoms. The number of Topliss-reactive ketones (excluding diaryl/α,β-unsaturated/α-hetero) is 2. The van der Waals surface area contributed by atoms with Crippen molar-refractivity contribution in [3.05, 3.63) is 58.2 Å². The monoisotopic (exact) mass is 556 g/mol. The average molecular weight is 557 g/mol. The van der Waals surface area contributed by atoms with Gasteiger partial charge in [-0.15, -0.1) is 0 Å². The van der Waals surface area contributed by atoms with Crippen LogP contribution in [-0.2, 0) is 0 Å². The van der Waals surface area contributed by atoms with Crippen molar-refractivity contribution in [2.24, 2.45) is 0 Å². The molecular weight excluding hydrogens is 528 g/mol.